The quantitative estimate of drug-likeness (QED) is 0.877. The van der Waals surface area contributed by atoms with E-state index in [-0.39, 0.29) is 28.3 Å². The van der Waals surface area contributed by atoms with E-state index in [0.29, 0.717) is 0 Å². The summed E-state index contributed by atoms with van der Waals surface area (Å²) in [5.74, 6) is 0.0670. The van der Waals surface area contributed by atoms with Gasteiger partial charge in [-0.2, -0.15) is 5.26 Å². The lowest BCUT2D eigenvalue weighted by Crippen LogP contribution is -2.57. The van der Waals surface area contributed by atoms with Crippen LogP contribution < -0.4 is 15.0 Å². The standard InChI is InChI=1S/C17H15F2N3O4/c1-22-14(23)5-4-13(21-22)25-15-11-6-10(7-20)2-3-12(11)26-17(8-18,9-19)16(15)24/h2-6,15-16,24H,8-9H2,1H3/t15-,16+/m1/s1. The molecule has 3 rings (SSSR count). The fourth-order valence-electron chi connectivity index (χ4n) is 2.71. The molecule has 136 valence electrons. The number of alkyl halides is 2. The third-order valence-corrected chi connectivity index (χ3v) is 4.22. The molecule has 0 spiro atoms. The van der Waals surface area contributed by atoms with Crippen molar-refractivity contribution in [1.29, 1.82) is 5.26 Å². The summed E-state index contributed by atoms with van der Waals surface area (Å²) in [7, 11) is 1.41. The van der Waals surface area contributed by atoms with Crippen LogP contribution in [0.15, 0.2) is 35.1 Å². The van der Waals surface area contributed by atoms with Crippen LogP contribution in [-0.4, -0.2) is 39.9 Å². The smallest absolute Gasteiger partial charge is 0.266 e. The van der Waals surface area contributed by atoms with Gasteiger partial charge in [-0.05, 0) is 18.2 Å². The number of aromatic nitrogens is 2. The Balaban J connectivity index is 2.09. The van der Waals surface area contributed by atoms with Gasteiger partial charge in [0.15, 0.2) is 11.7 Å². The topological polar surface area (TPSA) is 97.4 Å². The molecule has 2 aromatic rings. The van der Waals surface area contributed by atoms with E-state index in [0.717, 1.165) is 4.68 Å². The van der Waals surface area contributed by atoms with Crippen molar-refractivity contribution in [3.63, 3.8) is 0 Å². The zero-order chi connectivity index (χ0) is 18.9. The zero-order valence-corrected chi connectivity index (χ0v) is 13.7. The average Bonchev–Trinajstić information content (AvgIpc) is 2.66. The maximum absolute atomic E-state index is 13.6. The first-order valence-corrected chi connectivity index (χ1v) is 7.68. The van der Waals surface area contributed by atoms with Gasteiger partial charge in [0, 0.05) is 24.7 Å². The zero-order valence-electron chi connectivity index (χ0n) is 13.7. The van der Waals surface area contributed by atoms with E-state index < -0.39 is 31.2 Å². The number of fused-ring (bicyclic) bond motifs is 1. The van der Waals surface area contributed by atoms with E-state index in [4.69, 9.17) is 14.7 Å². The number of aryl methyl sites for hydroxylation is 1. The Morgan fingerprint density at radius 1 is 1.38 bits per heavy atom. The van der Waals surface area contributed by atoms with Gasteiger partial charge in [0.2, 0.25) is 5.88 Å². The monoisotopic (exact) mass is 363 g/mol. The molecule has 1 aromatic carbocycles. The van der Waals surface area contributed by atoms with Crippen LogP contribution >= 0.6 is 0 Å². The number of nitriles is 1. The van der Waals surface area contributed by atoms with Gasteiger partial charge in [-0.15, -0.1) is 5.10 Å². The van der Waals surface area contributed by atoms with Crippen LogP contribution in [0.3, 0.4) is 0 Å². The van der Waals surface area contributed by atoms with Gasteiger partial charge >= 0.3 is 0 Å². The lowest BCUT2D eigenvalue weighted by atomic mass is 9.86. The molecule has 0 saturated carbocycles. The second-order valence-corrected chi connectivity index (χ2v) is 5.92. The third kappa shape index (κ3) is 2.88. The fourth-order valence-corrected chi connectivity index (χ4v) is 2.71. The number of aliphatic hydroxyl groups is 1. The molecule has 1 aliphatic rings. The summed E-state index contributed by atoms with van der Waals surface area (Å²) >= 11 is 0. The van der Waals surface area contributed by atoms with E-state index in [1.54, 1.807) is 0 Å². The molecule has 0 saturated heterocycles. The minimum absolute atomic E-state index is 0.0297. The summed E-state index contributed by atoms with van der Waals surface area (Å²) in [4.78, 5) is 11.4. The average molecular weight is 363 g/mol. The lowest BCUT2D eigenvalue weighted by Gasteiger charge is -2.42. The third-order valence-electron chi connectivity index (χ3n) is 4.22. The lowest BCUT2D eigenvalue weighted by molar-refractivity contribution is -0.139. The molecule has 0 amide bonds. The van der Waals surface area contributed by atoms with E-state index in [1.165, 1.54) is 37.4 Å². The van der Waals surface area contributed by atoms with E-state index in [1.807, 2.05) is 6.07 Å². The Hall–Kier alpha value is -2.99. The first kappa shape index (κ1) is 17.8. The Bertz CT molecular complexity index is 921. The molecule has 9 heteroatoms. The second-order valence-electron chi connectivity index (χ2n) is 5.92. The highest BCUT2D eigenvalue weighted by Gasteiger charge is 2.51. The van der Waals surface area contributed by atoms with Gasteiger partial charge in [0.1, 0.15) is 25.2 Å². The molecular weight excluding hydrogens is 348 g/mol. The van der Waals surface area contributed by atoms with Crippen molar-refractivity contribution in [1.82, 2.24) is 9.78 Å². The number of nitrogens with zero attached hydrogens (tertiary/aromatic N) is 3. The van der Waals surface area contributed by atoms with Crippen LogP contribution in [0.5, 0.6) is 11.6 Å². The molecule has 7 nitrogen and oxygen atoms in total. The number of halogens is 2. The van der Waals surface area contributed by atoms with E-state index in [9.17, 15) is 18.7 Å². The van der Waals surface area contributed by atoms with E-state index >= 15 is 0 Å². The highest BCUT2D eigenvalue weighted by atomic mass is 19.1. The van der Waals surface area contributed by atoms with Crippen molar-refractivity contribution >= 4 is 0 Å². The first-order chi connectivity index (χ1) is 12.4. The molecule has 0 bridgehead atoms. The number of ether oxygens (including phenoxy) is 2. The van der Waals surface area contributed by atoms with Crippen LogP contribution in [0.2, 0.25) is 0 Å². The molecule has 2 atom stereocenters. The number of hydrogen-bond donors (Lipinski definition) is 1. The molecule has 0 fully saturated rings. The number of benzene rings is 1. The van der Waals surface area contributed by atoms with Crippen molar-refractivity contribution in [3.8, 4) is 17.7 Å². The summed E-state index contributed by atoms with van der Waals surface area (Å²) in [6.45, 7) is -2.57. The van der Waals surface area contributed by atoms with Crippen LogP contribution in [-0.2, 0) is 7.05 Å². The Labute approximate surface area is 147 Å². The van der Waals surface area contributed by atoms with Gasteiger partial charge < -0.3 is 14.6 Å². The number of aliphatic hydroxyl groups excluding tert-OH is 1. The molecule has 1 aromatic heterocycles. The Morgan fingerprint density at radius 2 is 2.12 bits per heavy atom. The van der Waals surface area contributed by atoms with Crippen molar-refractivity contribution in [2.75, 3.05) is 13.3 Å². The molecule has 0 unspecified atom stereocenters. The maximum Gasteiger partial charge on any atom is 0.266 e. The number of rotatable bonds is 4. The van der Waals surface area contributed by atoms with Crippen molar-refractivity contribution in [2.24, 2.45) is 7.05 Å². The predicted octanol–water partition coefficient (Wildman–Crippen LogP) is 1.20. The SMILES string of the molecule is Cn1nc(O[C@@H]2c3cc(C#N)ccc3OC(CF)(CF)[C@H]2O)ccc1=O. The predicted molar refractivity (Wildman–Crippen MR) is 85.3 cm³/mol. The van der Waals surface area contributed by atoms with Gasteiger partial charge in [-0.1, -0.05) is 0 Å². The van der Waals surface area contributed by atoms with Crippen LogP contribution in [0.25, 0.3) is 0 Å². The van der Waals surface area contributed by atoms with E-state index in [2.05, 4.69) is 5.10 Å². The van der Waals surface area contributed by atoms with Crippen molar-refractivity contribution in [2.45, 2.75) is 17.8 Å². The molecule has 26 heavy (non-hydrogen) atoms. The maximum atomic E-state index is 13.6. The Kier molecular flexibility index (Phi) is 4.61. The van der Waals surface area contributed by atoms with Gasteiger partial charge in [-0.25, -0.2) is 13.5 Å². The number of hydrogen-bond acceptors (Lipinski definition) is 6. The minimum atomic E-state index is -2.13. The van der Waals surface area contributed by atoms with Gasteiger partial charge in [0.05, 0.1) is 11.6 Å². The summed E-state index contributed by atoms with van der Waals surface area (Å²) in [5, 5.41) is 23.5. The first-order valence-electron chi connectivity index (χ1n) is 7.68. The second kappa shape index (κ2) is 6.72. The highest BCUT2D eigenvalue weighted by Crippen LogP contribution is 2.42. The van der Waals surface area contributed by atoms with Gasteiger partial charge in [0.25, 0.3) is 5.56 Å². The summed E-state index contributed by atoms with van der Waals surface area (Å²) < 4.78 is 39.2. The largest absolute Gasteiger partial charge is 0.478 e. The molecule has 0 radical (unpaired) electrons. The molecule has 1 aliphatic heterocycles. The molecule has 2 heterocycles. The minimum Gasteiger partial charge on any atom is -0.478 e. The molecule has 0 aliphatic carbocycles. The van der Waals surface area contributed by atoms with Crippen molar-refractivity contribution in [3.05, 3.63) is 51.8 Å². The summed E-state index contributed by atoms with van der Waals surface area (Å²) in [6, 6.07) is 8.66. The van der Waals surface area contributed by atoms with Crippen LogP contribution in [0.4, 0.5) is 8.78 Å². The fraction of sp³-hybridized carbons (Fsp3) is 0.353. The van der Waals surface area contributed by atoms with Crippen molar-refractivity contribution < 1.29 is 23.4 Å². The molecule has 1 N–H and O–H groups in total. The Morgan fingerprint density at radius 3 is 2.73 bits per heavy atom. The summed E-state index contributed by atoms with van der Waals surface area (Å²) in [5.41, 5.74) is -2.00. The van der Waals surface area contributed by atoms with Gasteiger partial charge in [-0.3, -0.25) is 4.79 Å². The normalized spacial score (nSPS) is 20.6. The van der Waals surface area contributed by atoms with Crippen LogP contribution in [0.1, 0.15) is 17.2 Å². The summed E-state index contributed by atoms with van der Waals surface area (Å²) in [6.07, 6.45) is -2.96. The molecular formula is C17H15F2N3O4. The van der Waals surface area contributed by atoms with Crippen LogP contribution in [0, 0.1) is 11.3 Å². The highest BCUT2D eigenvalue weighted by molar-refractivity contribution is 5.46.